The Morgan fingerprint density at radius 3 is 2.79 bits per heavy atom. The number of hydrogen-bond donors (Lipinski definition) is 1. The minimum Gasteiger partial charge on any atom is -0.348 e. The lowest BCUT2D eigenvalue weighted by molar-refractivity contribution is -0.281. The Labute approximate surface area is 84.9 Å². The van der Waals surface area contributed by atoms with Crippen LogP contribution in [-0.2, 0) is 9.57 Å². The van der Waals surface area contributed by atoms with Crippen LogP contribution in [0, 0.1) is 0 Å². The van der Waals surface area contributed by atoms with Crippen LogP contribution in [-0.4, -0.2) is 69.2 Å². The highest BCUT2D eigenvalue weighted by Crippen LogP contribution is 2.12. The van der Waals surface area contributed by atoms with Crippen molar-refractivity contribution in [1.29, 1.82) is 0 Å². The normalized spacial score (nSPS) is 30.6. The predicted molar refractivity (Wildman–Crippen MR) is 52.7 cm³/mol. The molecule has 0 aromatic carbocycles. The molecular weight excluding hydrogens is 182 g/mol. The molecule has 0 aliphatic carbocycles. The molecule has 2 rings (SSSR count). The first-order valence-electron chi connectivity index (χ1n) is 5.16. The third-order valence-corrected chi connectivity index (χ3v) is 2.67. The highest BCUT2D eigenvalue weighted by molar-refractivity contribution is 4.86. The second-order valence-electron chi connectivity index (χ2n) is 4.03. The van der Waals surface area contributed by atoms with Crippen LogP contribution in [0.5, 0.6) is 0 Å². The van der Waals surface area contributed by atoms with E-state index in [0.717, 1.165) is 32.8 Å². The van der Waals surface area contributed by atoms with Crippen molar-refractivity contribution in [3.63, 3.8) is 0 Å². The third kappa shape index (κ3) is 2.43. The highest BCUT2D eigenvalue weighted by atomic mass is 16.8. The van der Waals surface area contributed by atoms with Gasteiger partial charge in [-0.1, -0.05) is 0 Å². The Balaban J connectivity index is 1.77. The summed E-state index contributed by atoms with van der Waals surface area (Å²) < 4.78 is 5.51. The van der Waals surface area contributed by atoms with Gasteiger partial charge in [0.1, 0.15) is 0 Å². The molecule has 1 unspecified atom stereocenters. The van der Waals surface area contributed by atoms with E-state index in [4.69, 9.17) is 9.57 Å². The number of nitrogens with zero attached hydrogens (tertiary/aromatic N) is 2. The number of nitrogens with one attached hydrogen (secondary N) is 1. The molecule has 2 saturated heterocycles. The van der Waals surface area contributed by atoms with E-state index in [1.54, 1.807) is 5.06 Å². The molecular formula is C9H19N3O2. The standard InChI is InChI=1S/C9H19N3O2/c1-11(2)14-9-7-12(3-4-13-9)8-5-10-6-8/h8-10H,3-7H2,1-2H3. The van der Waals surface area contributed by atoms with Crippen LogP contribution >= 0.6 is 0 Å². The molecule has 0 bridgehead atoms. The number of ether oxygens (including phenoxy) is 1. The van der Waals surface area contributed by atoms with Gasteiger partial charge in [-0.05, 0) is 0 Å². The van der Waals surface area contributed by atoms with Gasteiger partial charge in [0, 0.05) is 39.8 Å². The maximum absolute atomic E-state index is 5.51. The van der Waals surface area contributed by atoms with Gasteiger partial charge in [0.05, 0.1) is 13.2 Å². The Hall–Kier alpha value is -0.200. The lowest BCUT2D eigenvalue weighted by atomic mass is 10.1. The van der Waals surface area contributed by atoms with Crippen molar-refractivity contribution in [3.05, 3.63) is 0 Å². The topological polar surface area (TPSA) is 37.0 Å². The van der Waals surface area contributed by atoms with Crippen molar-refractivity contribution in [1.82, 2.24) is 15.3 Å². The minimum atomic E-state index is -0.0978. The van der Waals surface area contributed by atoms with Crippen molar-refractivity contribution < 1.29 is 9.57 Å². The lowest BCUT2D eigenvalue weighted by Crippen LogP contribution is -2.61. The van der Waals surface area contributed by atoms with Crippen molar-refractivity contribution in [2.24, 2.45) is 0 Å². The maximum Gasteiger partial charge on any atom is 0.190 e. The van der Waals surface area contributed by atoms with Crippen molar-refractivity contribution in [2.45, 2.75) is 12.3 Å². The summed E-state index contributed by atoms with van der Waals surface area (Å²) in [5.41, 5.74) is 0. The van der Waals surface area contributed by atoms with E-state index >= 15 is 0 Å². The Kier molecular flexibility index (Phi) is 3.35. The molecule has 2 aliphatic rings. The number of rotatable bonds is 3. The van der Waals surface area contributed by atoms with Crippen molar-refractivity contribution >= 4 is 0 Å². The fourth-order valence-corrected chi connectivity index (χ4v) is 1.80. The van der Waals surface area contributed by atoms with E-state index < -0.39 is 0 Å². The first kappa shape index (κ1) is 10.3. The van der Waals surface area contributed by atoms with Gasteiger partial charge in [-0.15, -0.1) is 0 Å². The predicted octanol–water partition coefficient (Wildman–Crippen LogP) is -0.890. The first-order chi connectivity index (χ1) is 6.75. The summed E-state index contributed by atoms with van der Waals surface area (Å²) in [6.07, 6.45) is -0.0978. The largest absolute Gasteiger partial charge is 0.348 e. The fraction of sp³-hybridized carbons (Fsp3) is 1.00. The molecule has 5 heteroatoms. The van der Waals surface area contributed by atoms with Gasteiger partial charge < -0.3 is 10.1 Å². The summed E-state index contributed by atoms with van der Waals surface area (Å²) in [4.78, 5) is 7.93. The second-order valence-corrected chi connectivity index (χ2v) is 4.03. The summed E-state index contributed by atoms with van der Waals surface area (Å²) in [6, 6.07) is 0.687. The van der Waals surface area contributed by atoms with Crippen LogP contribution in [0.25, 0.3) is 0 Å². The minimum absolute atomic E-state index is 0.0978. The van der Waals surface area contributed by atoms with E-state index in [1.165, 1.54) is 0 Å². The van der Waals surface area contributed by atoms with Crippen LogP contribution in [0.1, 0.15) is 0 Å². The Bertz CT molecular complexity index is 185. The van der Waals surface area contributed by atoms with E-state index in [0.29, 0.717) is 6.04 Å². The van der Waals surface area contributed by atoms with Crippen LogP contribution in [0.3, 0.4) is 0 Å². The monoisotopic (exact) mass is 201 g/mol. The Morgan fingerprint density at radius 2 is 2.21 bits per heavy atom. The summed E-state index contributed by atoms with van der Waals surface area (Å²) in [5, 5.41) is 4.98. The van der Waals surface area contributed by atoms with Gasteiger partial charge in [-0.3, -0.25) is 9.74 Å². The molecule has 82 valence electrons. The average molecular weight is 201 g/mol. The van der Waals surface area contributed by atoms with Gasteiger partial charge >= 0.3 is 0 Å². The lowest BCUT2D eigenvalue weighted by Gasteiger charge is -2.42. The van der Waals surface area contributed by atoms with E-state index in [2.05, 4.69) is 10.2 Å². The fourth-order valence-electron chi connectivity index (χ4n) is 1.80. The number of hydroxylamine groups is 2. The van der Waals surface area contributed by atoms with Crippen LogP contribution in [0.4, 0.5) is 0 Å². The van der Waals surface area contributed by atoms with Gasteiger partial charge in [-0.25, -0.2) is 0 Å². The molecule has 0 radical (unpaired) electrons. The molecule has 14 heavy (non-hydrogen) atoms. The number of hydrogen-bond acceptors (Lipinski definition) is 5. The van der Waals surface area contributed by atoms with E-state index in [9.17, 15) is 0 Å². The molecule has 2 heterocycles. The molecule has 0 aromatic rings. The van der Waals surface area contributed by atoms with Gasteiger partial charge in [0.15, 0.2) is 6.29 Å². The molecule has 1 atom stereocenters. The highest BCUT2D eigenvalue weighted by Gasteiger charge is 2.30. The summed E-state index contributed by atoms with van der Waals surface area (Å²) in [7, 11) is 3.76. The van der Waals surface area contributed by atoms with Gasteiger partial charge in [0.2, 0.25) is 0 Å². The zero-order valence-corrected chi connectivity index (χ0v) is 8.90. The molecule has 1 N–H and O–H groups in total. The SMILES string of the molecule is CN(C)OC1CN(C2CNC2)CCO1. The summed E-state index contributed by atoms with van der Waals surface area (Å²) in [5.74, 6) is 0. The average Bonchev–Trinajstić information content (AvgIpc) is 1.99. The second kappa shape index (κ2) is 4.55. The smallest absolute Gasteiger partial charge is 0.190 e. The molecule has 2 aliphatic heterocycles. The van der Waals surface area contributed by atoms with Crippen LogP contribution in [0.15, 0.2) is 0 Å². The van der Waals surface area contributed by atoms with E-state index in [1.807, 2.05) is 14.1 Å². The quantitative estimate of drug-likeness (QED) is 0.600. The molecule has 2 fully saturated rings. The van der Waals surface area contributed by atoms with Gasteiger partial charge in [0.25, 0.3) is 0 Å². The molecule has 0 aromatic heterocycles. The Morgan fingerprint density at radius 1 is 1.43 bits per heavy atom. The van der Waals surface area contributed by atoms with Crippen LogP contribution in [0.2, 0.25) is 0 Å². The zero-order chi connectivity index (χ0) is 9.97. The number of morpholine rings is 1. The van der Waals surface area contributed by atoms with Crippen molar-refractivity contribution in [3.8, 4) is 0 Å². The summed E-state index contributed by atoms with van der Waals surface area (Å²) in [6.45, 7) is 4.89. The third-order valence-electron chi connectivity index (χ3n) is 2.67. The van der Waals surface area contributed by atoms with Crippen molar-refractivity contribution in [2.75, 3.05) is 46.9 Å². The summed E-state index contributed by atoms with van der Waals surface area (Å²) >= 11 is 0. The zero-order valence-electron chi connectivity index (χ0n) is 8.90. The maximum atomic E-state index is 5.51. The van der Waals surface area contributed by atoms with E-state index in [-0.39, 0.29) is 6.29 Å². The van der Waals surface area contributed by atoms with Gasteiger partial charge in [-0.2, -0.15) is 5.06 Å². The molecule has 0 spiro atoms. The molecule has 0 amide bonds. The molecule has 5 nitrogen and oxygen atoms in total. The first-order valence-corrected chi connectivity index (χ1v) is 5.16. The molecule has 0 saturated carbocycles. The van der Waals surface area contributed by atoms with Crippen LogP contribution < -0.4 is 5.32 Å².